The van der Waals surface area contributed by atoms with Gasteiger partial charge in [-0.1, -0.05) is 12.1 Å². The number of esters is 1. The Bertz CT molecular complexity index is 853. The monoisotopic (exact) mass is 376 g/mol. The van der Waals surface area contributed by atoms with E-state index in [2.05, 4.69) is 5.32 Å². The first kappa shape index (κ1) is 19.8. The van der Waals surface area contributed by atoms with Gasteiger partial charge in [-0.25, -0.2) is 0 Å². The van der Waals surface area contributed by atoms with Gasteiger partial charge in [0.2, 0.25) is 5.82 Å². The van der Waals surface area contributed by atoms with Crippen LogP contribution < -0.4 is 10.1 Å². The molecule has 0 bridgehead atoms. The molecule has 1 amide bonds. The van der Waals surface area contributed by atoms with Crippen molar-refractivity contribution in [3.8, 4) is 5.75 Å². The molecule has 1 atom stereocenters. The molecule has 0 saturated carbocycles. The molecule has 2 aromatic rings. The molecule has 0 unspecified atom stereocenters. The first-order valence-electron chi connectivity index (χ1n) is 7.87. The van der Waals surface area contributed by atoms with Gasteiger partial charge in [-0.3, -0.25) is 19.7 Å². The Balaban J connectivity index is 1.93. The highest BCUT2D eigenvalue weighted by Crippen LogP contribution is 2.22. The molecule has 0 aliphatic carbocycles. The Kier molecular flexibility index (Phi) is 6.42. The van der Waals surface area contributed by atoms with E-state index in [0.29, 0.717) is 11.3 Å². The van der Waals surface area contributed by atoms with Crippen LogP contribution in [0.4, 0.5) is 15.8 Å². The van der Waals surface area contributed by atoms with E-state index < -0.39 is 34.4 Å². The van der Waals surface area contributed by atoms with Crippen LogP contribution in [0.15, 0.2) is 42.5 Å². The maximum absolute atomic E-state index is 13.3. The number of nitro groups is 1. The molecule has 0 radical (unpaired) electrons. The fourth-order valence-electron chi connectivity index (χ4n) is 2.18. The minimum Gasteiger partial charge on any atom is -0.497 e. The van der Waals surface area contributed by atoms with E-state index in [1.807, 2.05) is 0 Å². The number of methoxy groups -OCH3 is 1. The second-order valence-electron chi connectivity index (χ2n) is 5.57. The molecule has 0 spiro atoms. The van der Waals surface area contributed by atoms with Crippen molar-refractivity contribution < 1.29 is 28.4 Å². The lowest BCUT2D eigenvalue weighted by Gasteiger charge is -2.13. The number of carbonyl (C=O) groups is 2. The van der Waals surface area contributed by atoms with E-state index in [-0.39, 0.29) is 12.1 Å². The Hall–Kier alpha value is -3.49. The normalized spacial score (nSPS) is 11.4. The van der Waals surface area contributed by atoms with Crippen LogP contribution in [-0.4, -0.2) is 30.0 Å². The number of amides is 1. The SMILES string of the molecule is COc1ccc(CC(=O)O[C@@H](C)C(=O)Nc2ccc(F)c([N+](=O)[O-])c2)cc1. The second kappa shape index (κ2) is 8.75. The van der Waals surface area contributed by atoms with Crippen LogP contribution in [0.5, 0.6) is 5.75 Å². The smallest absolute Gasteiger partial charge is 0.311 e. The van der Waals surface area contributed by atoms with Crippen LogP contribution in [-0.2, 0) is 20.7 Å². The number of halogens is 1. The molecule has 8 nitrogen and oxygen atoms in total. The van der Waals surface area contributed by atoms with Crippen molar-refractivity contribution in [2.75, 3.05) is 12.4 Å². The van der Waals surface area contributed by atoms with Crippen molar-refractivity contribution in [1.29, 1.82) is 0 Å². The van der Waals surface area contributed by atoms with E-state index in [9.17, 15) is 24.1 Å². The van der Waals surface area contributed by atoms with Crippen LogP contribution in [0, 0.1) is 15.9 Å². The number of benzene rings is 2. The molecule has 0 aliphatic heterocycles. The quantitative estimate of drug-likeness (QED) is 0.452. The van der Waals surface area contributed by atoms with E-state index >= 15 is 0 Å². The van der Waals surface area contributed by atoms with Gasteiger partial charge in [-0.05, 0) is 36.8 Å². The van der Waals surface area contributed by atoms with Crippen molar-refractivity contribution in [2.24, 2.45) is 0 Å². The van der Waals surface area contributed by atoms with Crippen LogP contribution >= 0.6 is 0 Å². The second-order valence-corrected chi connectivity index (χ2v) is 5.57. The molecule has 1 N–H and O–H groups in total. The Morgan fingerprint density at radius 2 is 1.89 bits per heavy atom. The van der Waals surface area contributed by atoms with E-state index in [4.69, 9.17) is 9.47 Å². The molecule has 0 aliphatic rings. The summed E-state index contributed by atoms with van der Waals surface area (Å²) in [4.78, 5) is 33.9. The van der Waals surface area contributed by atoms with Crippen LogP contribution in [0.25, 0.3) is 0 Å². The highest BCUT2D eigenvalue weighted by molar-refractivity contribution is 5.95. The number of nitro benzene ring substituents is 1. The minimum atomic E-state index is -1.14. The number of anilines is 1. The zero-order valence-corrected chi connectivity index (χ0v) is 14.6. The van der Waals surface area contributed by atoms with Gasteiger partial charge in [0.25, 0.3) is 5.91 Å². The number of carbonyl (C=O) groups excluding carboxylic acids is 2. The summed E-state index contributed by atoms with van der Waals surface area (Å²) in [5.41, 5.74) is -0.0642. The fraction of sp³-hybridized carbons (Fsp3) is 0.222. The van der Waals surface area contributed by atoms with Crippen LogP contribution in [0.3, 0.4) is 0 Å². The topological polar surface area (TPSA) is 108 Å². The third-order valence-electron chi connectivity index (χ3n) is 3.60. The van der Waals surface area contributed by atoms with Gasteiger partial charge in [0.05, 0.1) is 18.5 Å². The maximum atomic E-state index is 13.3. The molecule has 0 saturated heterocycles. The average molecular weight is 376 g/mol. The van der Waals surface area contributed by atoms with Gasteiger partial charge >= 0.3 is 11.7 Å². The largest absolute Gasteiger partial charge is 0.497 e. The van der Waals surface area contributed by atoms with Gasteiger partial charge in [0.1, 0.15) is 5.75 Å². The highest BCUT2D eigenvalue weighted by atomic mass is 19.1. The molecular formula is C18H17FN2O6. The third-order valence-corrected chi connectivity index (χ3v) is 3.60. The number of nitrogens with one attached hydrogen (secondary N) is 1. The van der Waals surface area contributed by atoms with Gasteiger partial charge in [0.15, 0.2) is 6.10 Å². The van der Waals surface area contributed by atoms with E-state index in [0.717, 1.165) is 12.1 Å². The van der Waals surface area contributed by atoms with Crippen molar-refractivity contribution in [1.82, 2.24) is 0 Å². The summed E-state index contributed by atoms with van der Waals surface area (Å²) in [5.74, 6) is -1.68. The molecule has 0 heterocycles. The summed E-state index contributed by atoms with van der Waals surface area (Å²) in [7, 11) is 1.53. The van der Waals surface area contributed by atoms with E-state index in [1.54, 1.807) is 24.3 Å². The predicted octanol–water partition coefficient (Wildman–Crippen LogP) is 2.86. The molecule has 2 rings (SSSR count). The van der Waals surface area contributed by atoms with Gasteiger partial charge in [0, 0.05) is 11.8 Å². The van der Waals surface area contributed by atoms with Crippen molar-refractivity contribution in [3.05, 3.63) is 64.0 Å². The zero-order valence-electron chi connectivity index (χ0n) is 14.6. The fourth-order valence-corrected chi connectivity index (χ4v) is 2.18. The third kappa shape index (κ3) is 5.50. The Morgan fingerprint density at radius 3 is 2.48 bits per heavy atom. The number of ether oxygens (including phenoxy) is 2. The van der Waals surface area contributed by atoms with Gasteiger partial charge in [-0.2, -0.15) is 4.39 Å². The molecular weight excluding hydrogens is 359 g/mol. The van der Waals surface area contributed by atoms with Crippen molar-refractivity contribution in [3.63, 3.8) is 0 Å². The molecule has 0 aromatic heterocycles. The summed E-state index contributed by atoms with van der Waals surface area (Å²) < 4.78 is 23.4. The van der Waals surface area contributed by atoms with Crippen LogP contribution in [0.1, 0.15) is 12.5 Å². The maximum Gasteiger partial charge on any atom is 0.311 e. The summed E-state index contributed by atoms with van der Waals surface area (Å²) in [6.45, 7) is 1.36. The van der Waals surface area contributed by atoms with E-state index in [1.165, 1.54) is 20.1 Å². The highest BCUT2D eigenvalue weighted by Gasteiger charge is 2.20. The molecule has 0 fully saturated rings. The zero-order chi connectivity index (χ0) is 20.0. The number of hydrogen-bond donors (Lipinski definition) is 1. The molecule has 2 aromatic carbocycles. The molecule has 27 heavy (non-hydrogen) atoms. The first-order chi connectivity index (χ1) is 12.8. The van der Waals surface area contributed by atoms with Gasteiger partial charge < -0.3 is 14.8 Å². The predicted molar refractivity (Wildman–Crippen MR) is 93.9 cm³/mol. The average Bonchev–Trinajstić information content (AvgIpc) is 2.63. The lowest BCUT2D eigenvalue weighted by Crippen LogP contribution is -2.30. The van der Waals surface area contributed by atoms with Crippen LogP contribution in [0.2, 0.25) is 0 Å². The Morgan fingerprint density at radius 1 is 1.22 bits per heavy atom. The summed E-state index contributed by atoms with van der Waals surface area (Å²) in [5, 5.41) is 13.1. The van der Waals surface area contributed by atoms with Gasteiger partial charge in [-0.15, -0.1) is 0 Å². The minimum absolute atomic E-state index is 0.0196. The number of hydrogen-bond acceptors (Lipinski definition) is 6. The standard InChI is InChI=1S/C18H17FN2O6/c1-11(27-17(22)9-12-3-6-14(26-2)7-4-12)18(23)20-13-5-8-15(19)16(10-13)21(24)25/h3-8,10-11H,9H2,1-2H3,(H,20,23)/t11-/m0/s1. The summed E-state index contributed by atoms with van der Waals surface area (Å²) in [6, 6.07) is 9.71. The van der Waals surface area contributed by atoms with Crippen molar-refractivity contribution in [2.45, 2.75) is 19.4 Å². The molecule has 142 valence electrons. The lowest BCUT2D eigenvalue weighted by molar-refractivity contribution is -0.387. The van der Waals surface area contributed by atoms with Crippen molar-refractivity contribution >= 4 is 23.3 Å². The lowest BCUT2D eigenvalue weighted by atomic mass is 10.1. The summed E-state index contributed by atoms with van der Waals surface area (Å²) >= 11 is 0. The molecule has 9 heteroatoms. The first-order valence-corrected chi connectivity index (χ1v) is 7.87. The number of rotatable bonds is 7. The number of nitrogens with zero attached hydrogens (tertiary/aromatic N) is 1. The summed E-state index contributed by atoms with van der Waals surface area (Å²) in [6.07, 6.45) is -1.18. The Labute approximate surface area is 154 Å².